The number of aliphatic carboxylic acids is 1. The topological polar surface area (TPSA) is 43.8 Å². The average molecular weight is 290 g/mol. The van der Waals surface area contributed by atoms with Gasteiger partial charge in [0.05, 0.1) is 5.41 Å². The van der Waals surface area contributed by atoms with Gasteiger partial charge in [0.1, 0.15) is 0 Å². The van der Waals surface area contributed by atoms with Gasteiger partial charge in [0, 0.05) is 32.7 Å². The maximum absolute atomic E-state index is 11.1. The molecule has 1 aromatic carbocycles. The molecule has 1 fully saturated rings. The van der Waals surface area contributed by atoms with Crippen molar-refractivity contribution in [3.8, 4) is 0 Å². The van der Waals surface area contributed by atoms with E-state index in [0.717, 1.165) is 39.3 Å². The highest BCUT2D eigenvalue weighted by atomic mass is 16.4. The molecule has 0 aromatic heterocycles. The maximum atomic E-state index is 11.1. The van der Waals surface area contributed by atoms with Gasteiger partial charge in [0.2, 0.25) is 0 Å². The van der Waals surface area contributed by atoms with Crippen LogP contribution >= 0.6 is 0 Å². The third kappa shape index (κ3) is 4.83. The molecule has 1 aliphatic heterocycles. The van der Waals surface area contributed by atoms with Gasteiger partial charge < -0.3 is 10.0 Å². The maximum Gasteiger partial charge on any atom is 0.309 e. The van der Waals surface area contributed by atoms with Gasteiger partial charge in [-0.15, -0.1) is 0 Å². The fraction of sp³-hybridized carbons (Fsp3) is 0.588. The summed E-state index contributed by atoms with van der Waals surface area (Å²) in [6.07, 6.45) is 0.709. The molecule has 1 heterocycles. The Hall–Kier alpha value is -1.39. The first kappa shape index (κ1) is 16.0. The molecule has 0 bridgehead atoms. The summed E-state index contributed by atoms with van der Waals surface area (Å²) >= 11 is 0. The van der Waals surface area contributed by atoms with Gasteiger partial charge in [-0.3, -0.25) is 9.69 Å². The molecule has 0 amide bonds. The molecule has 0 saturated carbocycles. The second-order valence-corrected chi connectivity index (χ2v) is 6.54. The van der Waals surface area contributed by atoms with E-state index >= 15 is 0 Å². The van der Waals surface area contributed by atoms with E-state index in [2.05, 4.69) is 34.1 Å². The molecular weight excluding hydrogens is 264 g/mol. The minimum Gasteiger partial charge on any atom is -0.481 e. The van der Waals surface area contributed by atoms with E-state index in [0.29, 0.717) is 6.42 Å². The zero-order valence-electron chi connectivity index (χ0n) is 13.1. The van der Waals surface area contributed by atoms with E-state index in [4.69, 9.17) is 5.11 Å². The van der Waals surface area contributed by atoms with Crippen molar-refractivity contribution in [2.45, 2.75) is 26.8 Å². The van der Waals surface area contributed by atoms with Gasteiger partial charge in [0.15, 0.2) is 0 Å². The second kappa shape index (κ2) is 7.05. The Bertz CT molecular complexity index is 451. The minimum atomic E-state index is -0.704. The Morgan fingerprint density at radius 1 is 1.10 bits per heavy atom. The monoisotopic (exact) mass is 290 g/mol. The number of rotatable bonds is 6. The SMILES string of the molecule is CC(C)(CCN1CCN(Cc2ccccc2)CC1)C(=O)O. The zero-order chi connectivity index (χ0) is 15.3. The van der Waals surface area contributed by atoms with Crippen LogP contribution in [0, 0.1) is 5.41 Å². The van der Waals surface area contributed by atoms with Crippen LogP contribution < -0.4 is 0 Å². The van der Waals surface area contributed by atoms with Gasteiger partial charge in [-0.25, -0.2) is 0 Å². The molecule has 0 atom stereocenters. The van der Waals surface area contributed by atoms with Crippen LogP contribution in [0.1, 0.15) is 25.8 Å². The third-order valence-corrected chi connectivity index (χ3v) is 4.35. The summed E-state index contributed by atoms with van der Waals surface area (Å²) in [4.78, 5) is 16.0. The van der Waals surface area contributed by atoms with Crippen LogP contribution in [0.5, 0.6) is 0 Å². The average Bonchev–Trinajstić information content (AvgIpc) is 2.47. The fourth-order valence-corrected chi connectivity index (χ4v) is 2.56. The van der Waals surface area contributed by atoms with Crippen LogP contribution in [0.2, 0.25) is 0 Å². The first-order valence-corrected chi connectivity index (χ1v) is 7.69. The Balaban J connectivity index is 1.72. The van der Waals surface area contributed by atoms with E-state index in [9.17, 15) is 4.79 Å². The van der Waals surface area contributed by atoms with Gasteiger partial charge in [0.25, 0.3) is 0 Å². The van der Waals surface area contributed by atoms with Gasteiger partial charge in [-0.1, -0.05) is 30.3 Å². The van der Waals surface area contributed by atoms with Crippen LogP contribution in [-0.2, 0) is 11.3 Å². The van der Waals surface area contributed by atoms with Crippen LogP contribution in [0.3, 0.4) is 0 Å². The molecule has 1 aromatic rings. The van der Waals surface area contributed by atoms with E-state index in [1.165, 1.54) is 5.56 Å². The highest BCUT2D eigenvalue weighted by Gasteiger charge is 2.28. The summed E-state index contributed by atoms with van der Waals surface area (Å²) in [5.74, 6) is -0.704. The van der Waals surface area contributed by atoms with Gasteiger partial charge in [-0.05, 0) is 32.4 Å². The van der Waals surface area contributed by atoms with Crippen LogP contribution in [0.25, 0.3) is 0 Å². The molecule has 0 spiro atoms. The van der Waals surface area contributed by atoms with Gasteiger partial charge >= 0.3 is 5.97 Å². The summed E-state index contributed by atoms with van der Waals surface area (Å²) < 4.78 is 0. The molecule has 4 nitrogen and oxygen atoms in total. The molecule has 116 valence electrons. The molecule has 0 aliphatic carbocycles. The largest absolute Gasteiger partial charge is 0.481 e. The second-order valence-electron chi connectivity index (χ2n) is 6.54. The van der Waals surface area contributed by atoms with Crippen molar-refractivity contribution < 1.29 is 9.90 Å². The molecule has 1 aliphatic rings. The Morgan fingerprint density at radius 2 is 1.67 bits per heavy atom. The summed E-state index contributed by atoms with van der Waals surface area (Å²) in [5, 5.41) is 9.15. The van der Waals surface area contributed by atoms with Crippen molar-refractivity contribution in [1.29, 1.82) is 0 Å². The predicted molar refractivity (Wildman–Crippen MR) is 84.2 cm³/mol. The number of hydrogen-bond acceptors (Lipinski definition) is 3. The molecule has 0 unspecified atom stereocenters. The number of piperazine rings is 1. The first-order chi connectivity index (χ1) is 9.97. The summed E-state index contributed by atoms with van der Waals surface area (Å²) in [6, 6.07) is 10.5. The van der Waals surface area contributed by atoms with E-state index in [1.807, 2.05) is 6.07 Å². The molecule has 0 radical (unpaired) electrons. The standard InChI is InChI=1S/C17H26N2O2/c1-17(2,16(20)21)8-9-18-10-12-19(13-11-18)14-15-6-4-3-5-7-15/h3-7H,8-14H2,1-2H3,(H,20,21). The number of nitrogens with zero attached hydrogens (tertiary/aromatic N) is 2. The molecule has 2 rings (SSSR count). The smallest absolute Gasteiger partial charge is 0.309 e. The Labute approximate surface area is 127 Å². The normalized spacial score (nSPS) is 17.8. The van der Waals surface area contributed by atoms with E-state index < -0.39 is 11.4 Å². The molecular formula is C17H26N2O2. The number of hydrogen-bond donors (Lipinski definition) is 1. The fourth-order valence-electron chi connectivity index (χ4n) is 2.56. The molecule has 21 heavy (non-hydrogen) atoms. The lowest BCUT2D eigenvalue weighted by molar-refractivity contribution is -0.147. The van der Waals surface area contributed by atoms with Crippen LogP contribution in [-0.4, -0.2) is 53.6 Å². The summed E-state index contributed by atoms with van der Waals surface area (Å²) in [6.45, 7) is 9.67. The molecule has 4 heteroatoms. The van der Waals surface area contributed by atoms with Crippen molar-refractivity contribution in [1.82, 2.24) is 9.80 Å². The number of carbonyl (C=O) groups is 1. The van der Waals surface area contributed by atoms with Crippen molar-refractivity contribution in [2.75, 3.05) is 32.7 Å². The summed E-state index contributed by atoms with van der Waals surface area (Å²) in [5.41, 5.74) is 0.735. The number of carboxylic acids is 1. The minimum absolute atomic E-state index is 0.624. The number of benzene rings is 1. The van der Waals surface area contributed by atoms with Crippen molar-refractivity contribution in [3.63, 3.8) is 0 Å². The quantitative estimate of drug-likeness (QED) is 0.873. The molecule has 1 saturated heterocycles. The van der Waals surface area contributed by atoms with Crippen molar-refractivity contribution >= 4 is 5.97 Å². The third-order valence-electron chi connectivity index (χ3n) is 4.35. The molecule has 1 N–H and O–H groups in total. The van der Waals surface area contributed by atoms with Crippen molar-refractivity contribution in [3.05, 3.63) is 35.9 Å². The zero-order valence-corrected chi connectivity index (χ0v) is 13.1. The van der Waals surface area contributed by atoms with E-state index in [1.54, 1.807) is 13.8 Å². The Morgan fingerprint density at radius 3 is 2.24 bits per heavy atom. The van der Waals surface area contributed by atoms with E-state index in [-0.39, 0.29) is 0 Å². The predicted octanol–water partition coefficient (Wildman–Crippen LogP) is 2.31. The lowest BCUT2D eigenvalue weighted by Gasteiger charge is -2.35. The lowest BCUT2D eigenvalue weighted by atomic mass is 9.89. The lowest BCUT2D eigenvalue weighted by Crippen LogP contribution is -2.47. The number of carboxylic acid groups (broad SMARTS) is 1. The van der Waals surface area contributed by atoms with Crippen LogP contribution in [0.4, 0.5) is 0 Å². The summed E-state index contributed by atoms with van der Waals surface area (Å²) in [7, 11) is 0. The first-order valence-electron chi connectivity index (χ1n) is 7.69. The van der Waals surface area contributed by atoms with Gasteiger partial charge in [-0.2, -0.15) is 0 Å². The highest BCUT2D eigenvalue weighted by molar-refractivity contribution is 5.73. The van der Waals surface area contributed by atoms with Crippen molar-refractivity contribution in [2.24, 2.45) is 5.41 Å². The highest BCUT2D eigenvalue weighted by Crippen LogP contribution is 2.21. The Kier molecular flexibility index (Phi) is 5.37. The van der Waals surface area contributed by atoms with Crippen LogP contribution in [0.15, 0.2) is 30.3 Å².